The number of terminal acetylenes is 1. The first-order valence-corrected chi connectivity index (χ1v) is 5.90. The number of ether oxygens (including phenoxy) is 1. The Balaban J connectivity index is 2.46. The number of rotatable bonds is 7. The van der Waals surface area contributed by atoms with E-state index < -0.39 is 6.61 Å². The molecule has 3 nitrogen and oxygen atoms in total. The predicted octanol–water partition coefficient (Wildman–Crippen LogP) is 2.82. The molecule has 0 bridgehead atoms. The molecule has 0 aliphatic heterocycles. The summed E-state index contributed by atoms with van der Waals surface area (Å²) in [6.07, 6.45) is 7.40. The molecule has 0 saturated carbocycles. The van der Waals surface area contributed by atoms with Crippen LogP contribution in [0.3, 0.4) is 0 Å². The SMILES string of the molecule is C#CCCCCNC(=O)c1cccc(OC(F)F)c1. The van der Waals surface area contributed by atoms with Crippen molar-refractivity contribution in [1.82, 2.24) is 5.32 Å². The van der Waals surface area contributed by atoms with Gasteiger partial charge in [0.2, 0.25) is 0 Å². The van der Waals surface area contributed by atoms with Crippen LogP contribution in [-0.4, -0.2) is 19.1 Å². The van der Waals surface area contributed by atoms with Crippen LogP contribution in [0.25, 0.3) is 0 Å². The molecule has 0 radical (unpaired) electrons. The fourth-order valence-electron chi connectivity index (χ4n) is 1.47. The summed E-state index contributed by atoms with van der Waals surface area (Å²) in [5.41, 5.74) is 0.287. The zero-order chi connectivity index (χ0) is 14.1. The number of alkyl halides is 2. The molecule has 1 aromatic rings. The van der Waals surface area contributed by atoms with E-state index in [1.165, 1.54) is 24.3 Å². The summed E-state index contributed by atoms with van der Waals surface area (Å²) >= 11 is 0. The third-order valence-electron chi connectivity index (χ3n) is 2.35. The first-order valence-electron chi connectivity index (χ1n) is 5.90. The molecule has 5 heteroatoms. The maximum Gasteiger partial charge on any atom is 0.387 e. The summed E-state index contributed by atoms with van der Waals surface area (Å²) in [7, 11) is 0. The van der Waals surface area contributed by atoms with Crippen molar-refractivity contribution in [2.75, 3.05) is 6.54 Å². The summed E-state index contributed by atoms with van der Waals surface area (Å²) in [5, 5.41) is 2.69. The van der Waals surface area contributed by atoms with Gasteiger partial charge in [0.1, 0.15) is 5.75 Å². The number of nitrogens with one attached hydrogen (secondary N) is 1. The molecule has 1 aromatic carbocycles. The molecule has 0 spiro atoms. The molecular weight excluding hydrogens is 252 g/mol. The van der Waals surface area contributed by atoms with Gasteiger partial charge in [-0.05, 0) is 31.0 Å². The van der Waals surface area contributed by atoms with Gasteiger partial charge in [-0.2, -0.15) is 8.78 Å². The van der Waals surface area contributed by atoms with E-state index in [-0.39, 0.29) is 17.2 Å². The molecule has 0 aromatic heterocycles. The minimum Gasteiger partial charge on any atom is -0.435 e. The van der Waals surface area contributed by atoms with Crippen molar-refractivity contribution in [2.45, 2.75) is 25.9 Å². The largest absolute Gasteiger partial charge is 0.435 e. The van der Waals surface area contributed by atoms with Crippen molar-refractivity contribution in [3.63, 3.8) is 0 Å². The average Bonchev–Trinajstić information content (AvgIpc) is 2.38. The Labute approximate surface area is 111 Å². The Bertz CT molecular complexity index is 455. The Morgan fingerprint density at radius 1 is 1.42 bits per heavy atom. The van der Waals surface area contributed by atoms with E-state index in [9.17, 15) is 13.6 Å². The van der Waals surface area contributed by atoms with Crippen LogP contribution >= 0.6 is 0 Å². The smallest absolute Gasteiger partial charge is 0.387 e. The number of hydrogen-bond donors (Lipinski definition) is 1. The molecular formula is C14H15F2NO2. The Morgan fingerprint density at radius 3 is 2.89 bits per heavy atom. The van der Waals surface area contributed by atoms with Crippen LogP contribution in [-0.2, 0) is 0 Å². The zero-order valence-corrected chi connectivity index (χ0v) is 10.4. The molecule has 1 rings (SSSR count). The fraction of sp³-hybridized carbons (Fsp3) is 0.357. The predicted molar refractivity (Wildman–Crippen MR) is 68.1 cm³/mol. The Hall–Kier alpha value is -2.09. The summed E-state index contributed by atoms with van der Waals surface area (Å²) in [4.78, 5) is 11.7. The lowest BCUT2D eigenvalue weighted by molar-refractivity contribution is -0.0498. The monoisotopic (exact) mass is 267 g/mol. The molecule has 1 amide bonds. The van der Waals surface area contributed by atoms with Crippen LogP contribution in [0.2, 0.25) is 0 Å². The van der Waals surface area contributed by atoms with Crippen LogP contribution in [0.15, 0.2) is 24.3 Å². The summed E-state index contributed by atoms with van der Waals surface area (Å²) in [6.45, 7) is -2.40. The molecule has 0 aliphatic rings. The van der Waals surface area contributed by atoms with Crippen LogP contribution in [0.5, 0.6) is 5.75 Å². The number of amides is 1. The topological polar surface area (TPSA) is 38.3 Å². The van der Waals surface area contributed by atoms with Crippen molar-refractivity contribution in [3.8, 4) is 18.1 Å². The van der Waals surface area contributed by atoms with Gasteiger partial charge < -0.3 is 10.1 Å². The molecule has 102 valence electrons. The van der Waals surface area contributed by atoms with Crippen molar-refractivity contribution >= 4 is 5.91 Å². The van der Waals surface area contributed by atoms with Gasteiger partial charge in [0.15, 0.2) is 0 Å². The average molecular weight is 267 g/mol. The van der Waals surface area contributed by atoms with Crippen LogP contribution in [0, 0.1) is 12.3 Å². The fourth-order valence-corrected chi connectivity index (χ4v) is 1.47. The standard InChI is InChI=1S/C14H15F2NO2/c1-2-3-4-5-9-17-13(18)11-7-6-8-12(10-11)19-14(15)16/h1,6-8,10,14H,3-5,9H2,(H,17,18). The number of carbonyl (C=O) groups excluding carboxylic acids is 1. The van der Waals surface area contributed by atoms with Gasteiger partial charge in [-0.15, -0.1) is 12.3 Å². The maximum atomic E-state index is 12.0. The summed E-state index contributed by atoms with van der Waals surface area (Å²) in [5.74, 6) is 2.16. The van der Waals surface area contributed by atoms with E-state index in [0.29, 0.717) is 13.0 Å². The highest BCUT2D eigenvalue weighted by molar-refractivity contribution is 5.94. The van der Waals surface area contributed by atoms with Gasteiger partial charge in [-0.25, -0.2) is 0 Å². The second-order valence-corrected chi connectivity index (χ2v) is 3.82. The summed E-state index contributed by atoms with van der Waals surface area (Å²) in [6, 6.07) is 5.68. The van der Waals surface area contributed by atoms with E-state index in [2.05, 4.69) is 16.0 Å². The van der Waals surface area contributed by atoms with E-state index in [1.807, 2.05) is 0 Å². The highest BCUT2D eigenvalue weighted by atomic mass is 19.3. The Kier molecular flexibility index (Phi) is 6.37. The van der Waals surface area contributed by atoms with E-state index in [1.54, 1.807) is 0 Å². The van der Waals surface area contributed by atoms with E-state index >= 15 is 0 Å². The lowest BCUT2D eigenvalue weighted by Crippen LogP contribution is -2.24. The van der Waals surface area contributed by atoms with Gasteiger partial charge in [0.05, 0.1) is 0 Å². The quantitative estimate of drug-likeness (QED) is 0.609. The molecule has 0 saturated heterocycles. The second kappa shape index (κ2) is 8.09. The van der Waals surface area contributed by atoms with Gasteiger partial charge in [0, 0.05) is 18.5 Å². The maximum absolute atomic E-state index is 12.0. The number of benzene rings is 1. The molecule has 19 heavy (non-hydrogen) atoms. The van der Waals surface area contributed by atoms with E-state index in [4.69, 9.17) is 6.42 Å². The first-order chi connectivity index (χ1) is 9.13. The van der Waals surface area contributed by atoms with Crippen molar-refractivity contribution in [1.29, 1.82) is 0 Å². The van der Waals surface area contributed by atoms with Gasteiger partial charge in [0.25, 0.3) is 5.91 Å². The van der Waals surface area contributed by atoms with Crippen LogP contribution < -0.4 is 10.1 Å². The Morgan fingerprint density at radius 2 is 2.21 bits per heavy atom. The van der Waals surface area contributed by atoms with Crippen molar-refractivity contribution < 1.29 is 18.3 Å². The summed E-state index contributed by atoms with van der Waals surface area (Å²) < 4.78 is 28.3. The molecule has 1 N–H and O–H groups in total. The number of carbonyl (C=O) groups is 1. The van der Waals surface area contributed by atoms with Gasteiger partial charge in [-0.3, -0.25) is 4.79 Å². The molecule has 0 heterocycles. The minimum absolute atomic E-state index is 0.0324. The lowest BCUT2D eigenvalue weighted by Gasteiger charge is -2.07. The first kappa shape index (κ1) is 15.0. The highest BCUT2D eigenvalue weighted by Gasteiger charge is 2.08. The van der Waals surface area contributed by atoms with E-state index in [0.717, 1.165) is 12.8 Å². The molecule has 0 atom stereocenters. The van der Waals surface area contributed by atoms with Crippen molar-refractivity contribution in [3.05, 3.63) is 29.8 Å². The minimum atomic E-state index is -2.90. The van der Waals surface area contributed by atoms with Gasteiger partial charge >= 0.3 is 6.61 Å². The number of halogens is 2. The van der Waals surface area contributed by atoms with Crippen molar-refractivity contribution in [2.24, 2.45) is 0 Å². The van der Waals surface area contributed by atoms with Gasteiger partial charge in [-0.1, -0.05) is 6.07 Å². The van der Waals surface area contributed by atoms with Crippen LogP contribution in [0.4, 0.5) is 8.78 Å². The molecule has 0 unspecified atom stereocenters. The third kappa shape index (κ3) is 5.87. The molecule has 0 aliphatic carbocycles. The number of hydrogen-bond acceptors (Lipinski definition) is 2. The lowest BCUT2D eigenvalue weighted by atomic mass is 10.2. The third-order valence-corrected chi connectivity index (χ3v) is 2.35. The highest BCUT2D eigenvalue weighted by Crippen LogP contribution is 2.15. The number of unbranched alkanes of at least 4 members (excludes halogenated alkanes) is 2. The zero-order valence-electron chi connectivity index (χ0n) is 10.4. The second-order valence-electron chi connectivity index (χ2n) is 3.82. The normalized spacial score (nSPS) is 10.0. The van der Waals surface area contributed by atoms with Crippen LogP contribution in [0.1, 0.15) is 29.6 Å². The molecule has 0 fully saturated rings.